The van der Waals surface area contributed by atoms with Crippen molar-refractivity contribution in [2.75, 3.05) is 13.1 Å². The van der Waals surface area contributed by atoms with E-state index >= 15 is 0 Å². The van der Waals surface area contributed by atoms with Gasteiger partial charge in [-0.15, -0.1) is 0 Å². The third kappa shape index (κ3) is 5.50. The van der Waals surface area contributed by atoms with Gasteiger partial charge >= 0.3 is 0 Å². The first-order valence-corrected chi connectivity index (χ1v) is 5.24. The maximum Gasteiger partial charge on any atom is 0.156 e. The maximum atomic E-state index is 11.1. The summed E-state index contributed by atoms with van der Waals surface area (Å²) in [5.41, 5.74) is 0. The smallest absolute Gasteiger partial charge is 0.156 e. The van der Waals surface area contributed by atoms with Crippen LogP contribution in [0.2, 0.25) is 0 Å². The van der Waals surface area contributed by atoms with Gasteiger partial charge in [-0.1, -0.05) is 25.7 Å². The Morgan fingerprint density at radius 1 is 0.846 bits per heavy atom. The molecule has 1 rings (SSSR count). The van der Waals surface area contributed by atoms with E-state index in [0.29, 0.717) is 13.0 Å². The molecule has 0 aliphatic carbocycles. The first-order valence-electron chi connectivity index (χ1n) is 5.24. The highest BCUT2D eigenvalue weighted by molar-refractivity contribution is 5.80. The van der Waals surface area contributed by atoms with Gasteiger partial charge in [0.15, 0.2) is 5.78 Å². The Kier molecular flexibility index (Phi) is 5.38. The van der Waals surface area contributed by atoms with E-state index in [1.165, 1.54) is 25.7 Å². The molecule has 0 aromatic heterocycles. The molecule has 0 saturated carbocycles. The fourth-order valence-corrected chi connectivity index (χ4v) is 1.49. The molecule has 3 heteroatoms. The average Bonchev–Trinajstić information content (AvgIpc) is 2.11. The fourth-order valence-electron chi connectivity index (χ4n) is 1.49. The summed E-state index contributed by atoms with van der Waals surface area (Å²) in [6, 6.07) is 0. The van der Waals surface area contributed by atoms with Crippen LogP contribution in [0, 0.1) is 0 Å². The molecule has 0 saturated heterocycles. The highest BCUT2D eigenvalue weighted by atomic mass is 16.1. The third-order valence-corrected chi connectivity index (χ3v) is 2.31. The van der Waals surface area contributed by atoms with Crippen LogP contribution < -0.4 is 0 Å². The van der Waals surface area contributed by atoms with Gasteiger partial charge in [0.1, 0.15) is 6.54 Å². The normalized spacial score (nSPS) is 22.0. The lowest BCUT2D eigenvalue weighted by atomic mass is 10.1. The van der Waals surface area contributed by atoms with Crippen molar-refractivity contribution < 1.29 is 4.79 Å². The van der Waals surface area contributed by atoms with E-state index in [4.69, 9.17) is 0 Å². The van der Waals surface area contributed by atoms with E-state index in [9.17, 15) is 4.79 Å². The highest BCUT2D eigenvalue weighted by Crippen LogP contribution is 2.08. The second-order valence-electron chi connectivity index (χ2n) is 3.57. The largest absolute Gasteiger partial charge is 0.298 e. The van der Waals surface area contributed by atoms with Crippen molar-refractivity contribution in [1.82, 2.24) is 0 Å². The summed E-state index contributed by atoms with van der Waals surface area (Å²) >= 11 is 0. The second kappa shape index (κ2) is 6.75. The van der Waals surface area contributed by atoms with Gasteiger partial charge in [-0.2, -0.15) is 10.2 Å². The number of carbonyl (C=O) groups is 1. The Labute approximate surface area is 79.6 Å². The molecule has 1 aliphatic rings. The van der Waals surface area contributed by atoms with E-state index in [0.717, 1.165) is 19.4 Å². The van der Waals surface area contributed by atoms with Crippen molar-refractivity contribution >= 4 is 5.78 Å². The summed E-state index contributed by atoms with van der Waals surface area (Å²) in [7, 11) is 0. The maximum absolute atomic E-state index is 11.1. The molecular formula is C10H18N2O. The number of rotatable bonds is 0. The Bertz CT molecular complexity index is 178. The molecule has 0 amide bonds. The molecule has 0 fully saturated rings. The summed E-state index contributed by atoms with van der Waals surface area (Å²) < 4.78 is 0. The molecule has 0 spiro atoms. The quantitative estimate of drug-likeness (QED) is 0.568. The van der Waals surface area contributed by atoms with Gasteiger partial charge in [-0.3, -0.25) is 4.79 Å². The molecule has 0 N–H and O–H groups in total. The van der Waals surface area contributed by atoms with Crippen molar-refractivity contribution in [3.8, 4) is 0 Å². The summed E-state index contributed by atoms with van der Waals surface area (Å²) in [6.07, 6.45) is 7.86. The molecule has 0 aromatic carbocycles. The van der Waals surface area contributed by atoms with Crippen molar-refractivity contribution in [3.63, 3.8) is 0 Å². The van der Waals surface area contributed by atoms with Crippen LogP contribution in [0.4, 0.5) is 0 Å². The van der Waals surface area contributed by atoms with Crippen LogP contribution in [0.25, 0.3) is 0 Å². The van der Waals surface area contributed by atoms with Crippen molar-refractivity contribution in [2.24, 2.45) is 10.2 Å². The monoisotopic (exact) mass is 182 g/mol. The zero-order valence-corrected chi connectivity index (χ0v) is 8.17. The lowest BCUT2D eigenvalue weighted by Gasteiger charge is -2.01. The number of ketones is 1. The second-order valence-corrected chi connectivity index (χ2v) is 3.57. The summed E-state index contributed by atoms with van der Waals surface area (Å²) in [6.45, 7) is 1.10. The zero-order valence-electron chi connectivity index (χ0n) is 8.17. The molecule has 0 aromatic rings. The molecule has 74 valence electrons. The SMILES string of the molecule is O=C1CCCCCCCCN=NC1. The Balaban J connectivity index is 2.26. The van der Waals surface area contributed by atoms with E-state index in [1.54, 1.807) is 0 Å². The molecule has 0 bridgehead atoms. The van der Waals surface area contributed by atoms with Crippen LogP contribution in [0.1, 0.15) is 44.9 Å². The van der Waals surface area contributed by atoms with Gasteiger partial charge < -0.3 is 0 Å². The van der Waals surface area contributed by atoms with Crippen molar-refractivity contribution in [2.45, 2.75) is 44.9 Å². The highest BCUT2D eigenvalue weighted by Gasteiger charge is 2.01. The molecule has 0 radical (unpaired) electrons. The minimum Gasteiger partial charge on any atom is -0.298 e. The molecule has 1 aliphatic heterocycles. The lowest BCUT2D eigenvalue weighted by Crippen LogP contribution is -2.02. The predicted molar refractivity (Wildman–Crippen MR) is 51.9 cm³/mol. The minimum atomic E-state index is 0.240. The first-order chi connectivity index (χ1) is 6.39. The van der Waals surface area contributed by atoms with Crippen LogP contribution in [0.5, 0.6) is 0 Å². The Hall–Kier alpha value is -0.730. The van der Waals surface area contributed by atoms with E-state index in [1.807, 2.05) is 0 Å². The van der Waals surface area contributed by atoms with Crippen LogP contribution in [-0.2, 0) is 4.79 Å². The zero-order chi connectivity index (χ0) is 9.36. The Morgan fingerprint density at radius 2 is 1.54 bits per heavy atom. The number of azo groups is 1. The number of Topliss-reactive ketones (excluding diaryl/α,β-unsaturated/α-hetero) is 1. The van der Waals surface area contributed by atoms with E-state index in [2.05, 4.69) is 10.2 Å². The summed E-state index contributed by atoms with van der Waals surface area (Å²) in [5, 5.41) is 7.82. The van der Waals surface area contributed by atoms with Gasteiger partial charge in [-0.05, 0) is 12.8 Å². The summed E-state index contributed by atoms with van der Waals surface area (Å²) in [4.78, 5) is 11.1. The van der Waals surface area contributed by atoms with Gasteiger partial charge in [0.05, 0.1) is 6.54 Å². The molecule has 0 atom stereocenters. The minimum absolute atomic E-state index is 0.240. The van der Waals surface area contributed by atoms with Gasteiger partial charge in [0, 0.05) is 6.42 Å². The number of nitrogens with zero attached hydrogens (tertiary/aromatic N) is 2. The lowest BCUT2D eigenvalue weighted by molar-refractivity contribution is -0.117. The molecule has 3 nitrogen and oxygen atoms in total. The average molecular weight is 182 g/mol. The molecular weight excluding hydrogens is 164 g/mol. The topological polar surface area (TPSA) is 41.8 Å². The number of carbonyl (C=O) groups excluding carboxylic acids is 1. The summed E-state index contributed by atoms with van der Waals surface area (Å²) in [5.74, 6) is 0.240. The van der Waals surface area contributed by atoms with Crippen LogP contribution in [-0.4, -0.2) is 18.9 Å². The van der Waals surface area contributed by atoms with Gasteiger partial charge in [0.25, 0.3) is 0 Å². The fraction of sp³-hybridized carbons (Fsp3) is 0.900. The van der Waals surface area contributed by atoms with Crippen molar-refractivity contribution in [1.29, 1.82) is 0 Å². The van der Waals surface area contributed by atoms with E-state index in [-0.39, 0.29) is 5.78 Å². The van der Waals surface area contributed by atoms with Crippen molar-refractivity contribution in [3.05, 3.63) is 0 Å². The van der Waals surface area contributed by atoms with E-state index < -0.39 is 0 Å². The van der Waals surface area contributed by atoms with Gasteiger partial charge in [-0.25, -0.2) is 0 Å². The Morgan fingerprint density at radius 3 is 2.38 bits per heavy atom. The van der Waals surface area contributed by atoms with Crippen LogP contribution in [0.3, 0.4) is 0 Å². The first kappa shape index (κ1) is 10.4. The third-order valence-electron chi connectivity index (χ3n) is 2.31. The predicted octanol–water partition coefficient (Wildman–Crippen LogP) is 2.75. The number of hydrogen-bond donors (Lipinski definition) is 0. The molecule has 13 heavy (non-hydrogen) atoms. The standard InChI is InChI=1S/C10H18N2O/c13-10-7-5-3-1-2-4-6-8-11-12-9-10/h1-9H2. The molecule has 1 heterocycles. The van der Waals surface area contributed by atoms with Crippen LogP contribution >= 0.6 is 0 Å². The van der Waals surface area contributed by atoms with Crippen LogP contribution in [0.15, 0.2) is 10.2 Å². The number of hydrogen-bond acceptors (Lipinski definition) is 3. The van der Waals surface area contributed by atoms with Gasteiger partial charge in [0.2, 0.25) is 0 Å². The molecule has 0 unspecified atom stereocenters.